The van der Waals surface area contributed by atoms with Crippen molar-refractivity contribution in [1.29, 1.82) is 0 Å². The summed E-state index contributed by atoms with van der Waals surface area (Å²) in [7, 11) is 1.49. The van der Waals surface area contributed by atoms with Crippen LogP contribution in [0.15, 0.2) is 0 Å². The Labute approximate surface area is 161 Å². The van der Waals surface area contributed by atoms with Crippen LogP contribution < -0.4 is 0 Å². The van der Waals surface area contributed by atoms with Gasteiger partial charge in [-0.25, -0.2) is 0 Å². The van der Waals surface area contributed by atoms with Crippen LogP contribution in [-0.4, -0.2) is 23.6 Å². The lowest BCUT2D eigenvalue weighted by molar-refractivity contribution is -0.139. The molecule has 0 aromatic heterocycles. The van der Waals surface area contributed by atoms with Gasteiger partial charge in [0, 0.05) is 5.25 Å². The third-order valence-electron chi connectivity index (χ3n) is 5.36. The number of hydrogen-bond acceptors (Lipinski definition) is 3. The number of rotatable bonds is 18. The monoisotopic (exact) mass is 370 g/mol. The van der Waals surface area contributed by atoms with Crippen LogP contribution in [0.2, 0.25) is 0 Å². The molecular formula is C22H42O2S. The van der Waals surface area contributed by atoms with Crippen LogP contribution in [0, 0.1) is 0 Å². The van der Waals surface area contributed by atoms with Crippen molar-refractivity contribution in [3.05, 3.63) is 0 Å². The fraction of sp³-hybridized carbons (Fsp3) is 0.955. The van der Waals surface area contributed by atoms with Crippen molar-refractivity contribution in [1.82, 2.24) is 0 Å². The molecule has 0 bridgehead atoms. The van der Waals surface area contributed by atoms with E-state index in [4.69, 9.17) is 4.74 Å². The van der Waals surface area contributed by atoms with E-state index in [1.807, 2.05) is 0 Å². The number of carbonyl (C=O) groups excluding carboxylic acids is 1. The van der Waals surface area contributed by atoms with Gasteiger partial charge in [0.25, 0.3) is 0 Å². The number of ether oxygens (including phenoxy) is 1. The second kappa shape index (κ2) is 16.0. The van der Waals surface area contributed by atoms with Gasteiger partial charge in [-0.3, -0.25) is 4.79 Å². The first-order chi connectivity index (χ1) is 12.3. The normalized spacial score (nSPS) is 19.1. The van der Waals surface area contributed by atoms with Crippen LogP contribution in [0.25, 0.3) is 0 Å². The molecule has 148 valence electrons. The van der Waals surface area contributed by atoms with Crippen molar-refractivity contribution >= 4 is 17.7 Å². The maximum atomic E-state index is 11.3. The lowest BCUT2D eigenvalue weighted by Gasteiger charge is -2.03. The number of carbonyl (C=O) groups is 1. The Balaban J connectivity index is 1.68. The smallest absolute Gasteiger partial charge is 0.319 e. The van der Waals surface area contributed by atoms with Gasteiger partial charge in [-0.2, -0.15) is 0 Å². The molecule has 0 aromatic carbocycles. The van der Waals surface area contributed by atoms with Gasteiger partial charge in [0.1, 0.15) is 5.25 Å². The van der Waals surface area contributed by atoms with Gasteiger partial charge in [0.15, 0.2) is 0 Å². The Morgan fingerprint density at radius 2 is 1.12 bits per heavy atom. The molecule has 2 unspecified atom stereocenters. The van der Waals surface area contributed by atoms with E-state index in [0.29, 0.717) is 5.25 Å². The van der Waals surface area contributed by atoms with Crippen molar-refractivity contribution < 1.29 is 9.53 Å². The van der Waals surface area contributed by atoms with Crippen molar-refractivity contribution in [2.24, 2.45) is 0 Å². The summed E-state index contributed by atoms with van der Waals surface area (Å²) in [5.41, 5.74) is 0. The first kappa shape index (κ1) is 22.9. The molecule has 0 aromatic rings. The molecule has 1 aliphatic heterocycles. The summed E-state index contributed by atoms with van der Waals surface area (Å²) in [6.07, 6.45) is 23.8. The summed E-state index contributed by atoms with van der Waals surface area (Å²) in [5, 5.41) is 0.709. The molecule has 0 amide bonds. The first-order valence-corrected chi connectivity index (χ1v) is 12.0. The van der Waals surface area contributed by atoms with Crippen molar-refractivity contribution in [3.8, 4) is 0 Å². The van der Waals surface area contributed by atoms with Crippen LogP contribution in [0.5, 0.6) is 0 Å². The molecule has 25 heavy (non-hydrogen) atoms. The fourth-order valence-corrected chi connectivity index (χ4v) is 4.62. The van der Waals surface area contributed by atoms with Gasteiger partial charge in [-0.05, 0) is 6.42 Å². The highest BCUT2D eigenvalue weighted by Gasteiger charge is 2.44. The molecule has 1 saturated heterocycles. The zero-order valence-electron chi connectivity index (χ0n) is 16.9. The van der Waals surface area contributed by atoms with Gasteiger partial charge < -0.3 is 4.74 Å². The van der Waals surface area contributed by atoms with Crippen LogP contribution in [0.1, 0.15) is 116 Å². The quantitative estimate of drug-likeness (QED) is 0.144. The Morgan fingerprint density at radius 1 is 0.720 bits per heavy atom. The molecule has 2 nitrogen and oxygen atoms in total. The second-order valence-electron chi connectivity index (χ2n) is 7.71. The average Bonchev–Trinajstić information content (AvgIpc) is 3.40. The highest BCUT2D eigenvalue weighted by Crippen LogP contribution is 2.45. The fourth-order valence-electron chi connectivity index (χ4n) is 3.58. The van der Waals surface area contributed by atoms with Crippen LogP contribution >= 0.6 is 11.8 Å². The Hall–Kier alpha value is -0.180. The predicted octanol–water partition coefficient (Wildman–Crippen LogP) is 7.30. The van der Waals surface area contributed by atoms with Crippen molar-refractivity contribution in [2.75, 3.05) is 7.11 Å². The average molecular weight is 371 g/mol. The Bertz CT molecular complexity index is 319. The summed E-state index contributed by atoms with van der Waals surface area (Å²) < 4.78 is 4.78. The number of thioether (sulfide) groups is 1. The third-order valence-corrected chi connectivity index (χ3v) is 6.72. The van der Waals surface area contributed by atoms with E-state index in [9.17, 15) is 4.79 Å². The van der Waals surface area contributed by atoms with Gasteiger partial charge in [-0.1, -0.05) is 110 Å². The minimum atomic E-state index is -0.0218. The van der Waals surface area contributed by atoms with Crippen LogP contribution in [0.4, 0.5) is 0 Å². The SMILES string of the molecule is CCCCCCCCCCCCCCCCCCC1SC1C(=O)OC. The molecule has 0 radical (unpaired) electrons. The van der Waals surface area contributed by atoms with Gasteiger partial charge in [0.05, 0.1) is 7.11 Å². The molecule has 2 atom stereocenters. The molecule has 1 fully saturated rings. The van der Waals surface area contributed by atoms with E-state index < -0.39 is 0 Å². The van der Waals surface area contributed by atoms with Crippen molar-refractivity contribution in [2.45, 2.75) is 127 Å². The summed E-state index contributed by atoms with van der Waals surface area (Å²) in [4.78, 5) is 11.3. The summed E-state index contributed by atoms with van der Waals surface area (Å²) in [6.45, 7) is 2.29. The lowest BCUT2D eigenvalue weighted by atomic mass is 10.0. The van der Waals surface area contributed by atoms with Gasteiger partial charge >= 0.3 is 5.97 Å². The Kier molecular flexibility index (Phi) is 14.7. The number of methoxy groups -OCH3 is 1. The first-order valence-electron chi connectivity index (χ1n) is 11.0. The van der Waals surface area contributed by atoms with E-state index in [1.165, 1.54) is 116 Å². The van der Waals surface area contributed by atoms with E-state index >= 15 is 0 Å². The topological polar surface area (TPSA) is 26.3 Å². The summed E-state index contributed by atoms with van der Waals surface area (Å²) in [5.74, 6) is -0.0218. The van der Waals surface area contributed by atoms with E-state index in [-0.39, 0.29) is 11.2 Å². The van der Waals surface area contributed by atoms with Crippen LogP contribution in [0.3, 0.4) is 0 Å². The van der Waals surface area contributed by atoms with Gasteiger partial charge in [-0.15, -0.1) is 11.8 Å². The van der Waals surface area contributed by atoms with E-state index in [2.05, 4.69) is 6.92 Å². The number of esters is 1. The third kappa shape index (κ3) is 12.8. The van der Waals surface area contributed by atoms with Crippen molar-refractivity contribution in [3.63, 3.8) is 0 Å². The predicted molar refractivity (Wildman–Crippen MR) is 111 cm³/mol. The molecule has 1 aliphatic rings. The molecule has 0 aliphatic carbocycles. The highest BCUT2D eigenvalue weighted by atomic mass is 32.2. The van der Waals surface area contributed by atoms with E-state index in [1.54, 1.807) is 11.8 Å². The molecule has 1 heterocycles. The molecule has 3 heteroatoms. The van der Waals surface area contributed by atoms with Crippen LogP contribution in [-0.2, 0) is 9.53 Å². The Morgan fingerprint density at radius 3 is 1.52 bits per heavy atom. The maximum Gasteiger partial charge on any atom is 0.319 e. The number of unbranched alkanes of at least 4 members (excludes halogenated alkanes) is 15. The minimum Gasteiger partial charge on any atom is -0.468 e. The molecule has 0 saturated carbocycles. The highest BCUT2D eigenvalue weighted by molar-refractivity contribution is 8.08. The zero-order chi connectivity index (χ0) is 18.2. The molecule has 1 rings (SSSR count). The zero-order valence-corrected chi connectivity index (χ0v) is 17.7. The van der Waals surface area contributed by atoms with Gasteiger partial charge in [0.2, 0.25) is 0 Å². The minimum absolute atomic E-state index is 0.0218. The number of hydrogen-bond donors (Lipinski definition) is 0. The summed E-state index contributed by atoms with van der Waals surface area (Å²) in [6, 6.07) is 0. The second-order valence-corrected chi connectivity index (χ2v) is 9.10. The molecular weight excluding hydrogens is 328 g/mol. The van der Waals surface area contributed by atoms with E-state index in [0.717, 1.165) is 0 Å². The standard InChI is InChI=1S/C22H42O2S/c1-3-4-5-6-7-8-9-10-11-12-13-14-15-16-17-18-19-20-21(25-20)22(23)24-2/h20-21H,3-19H2,1-2H3. The lowest BCUT2D eigenvalue weighted by Crippen LogP contribution is -2.10. The molecule has 0 spiro atoms. The maximum absolute atomic E-state index is 11.3. The largest absolute Gasteiger partial charge is 0.468 e. The summed E-state index contributed by atoms with van der Waals surface area (Å²) >= 11 is 1.78. The molecule has 0 N–H and O–H groups in total.